The Balaban J connectivity index is 1.94. The molecule has 1 amide bonds. The van der Waals surface area contributed by atoms with Gasteiger partial charge in [0.15, 0.2) is 5.17 Å². The van der Waals surface area contributed by atoms with Crippen molar-refractivity contribution in [1.29, 1.82) is 0 Å². The first-order valence-electron chi connectivity index (χ1n) is 7.38. The van der Waals surface area contributed by atoms with Crippen molar-refractivity contribution in [2.45, 2.75) is 6.92 Å². The minimum absolute atomic E-state index is 0.0201. The number of carbonyl (C=O) groups is 1. The molecule has 122 valence electrons. The van der Waals surface area contributed by atoms with Crippen LogP contribution >= 0.6 is 39.3 Å². The predicted molar refractivity (Wildman–Crippen MR) is 106 cm³/mol. The van der Waals surface area contributed by atoms with Gasteiger partial charge in [-0.2, -0.15) is 0 Å². The number of aliphatic imine (C=N–C) groups is 1. The number of carbonyl (C=O) groups excluding carboxylic acids is 1. The molecule has 24 heavy (non-hydrogen) atoms. The molecule has 0 radical (unpaired) electrons. The number of amides is 1. The van der Waals surface area contributed by atoms with Crippen molar-refractivity contribution >= 4 is 62.1 Å². The number of hydrogen-bond donors (Lipinski definition) is 0. The van der Waals surface area contributed by atoms with Crippen LogP contribution in [0.15, 0.2) is 62.9 Å². The zero-order chi connectivity index (χ0) is 17.1. The van der Waals surface area contributed by atoms with Crippen LogP contribution in [0.25, 0.3) is 6.08 Å². The maximum absolute atomic E-state index is 12.6. The van der Waals surface area contributed by atoms with E-state index in [1.165, 1.54) is 11.8 Å². The number of nitrogens with zero attached hydrogens (tertiary/aromatic N) is 2. The zero-order valence-corrected chi connectivity index (χ0v) is 16.0. The summed E-state index contributed by atoms with van der Waals surface area (Å²) in [6.07, 6.45) is 1.90. The van der Waals surface area contributed by atoms with Crippen molar-refractivity contribution in [3.63, 3.8) is 0 Å². The molecular weight excluding hydrogens is 408 g/mol. The van der Waals surface area contributed by atoms with Crippen molar-refractivity contribution in [3.8, 4) is 0 Å². The van der Waals surface area contributed by atoms with E-state index in [1.54, 1.807) is 11.0 Å². The molecule has 1 heterocycles. The molecule has 1 saturated heterocycles. The van der Waals surface area contributed by atoms with Crippen molar-refractivity contribution in [3.05, 3.63) is 68.5 Å². The summed E-state index contributed by atoms with van der Waals surface area (Å²) in [5.74, 6) is -0.0201. The molecule has 2 aromatic rings. The highest BCUT2D eigenvalue weighted by atomic mass is 79.9. The summed E-state index contributed by atoms with van der Waals surface area (Å²) >= 11 is 10.9. The SMILES string of the molecule is CCN1C(=O)/C(=C/c2ccccc2)SC1=Nc1ccc(Br)c(Cl)c1. The first-order valence-corrected chi connectivity index (χ1v) is 9.37. The van der Waals surface area contributed by atoms with E-state index in [4.69, 9.17) is 11.6 Å². The molecule has 3 rings (SSSR count). The van der Waals surface area contributed by atoms with E-state index in [0.29, 0.717) is 21.6 Å². The lowest BCUT2D eigenvalue weighted by Gasteiger charge is -2.12. The first-order chi connectivity index (χ1) is 11.6. The van der Waals surface area contributed by atoms with Crippen molar-refractivity contribution < 1.29 is 4.79 Å². The molecule has 1 aliphatic rings. The van der Waals surface area contributed by atoms with E-state index in [1.807, 2.05) is 55.5 Å². The molecule has 0 N–H and O–H groups in total. The average molecular weight is 422 g/mol. The number of rotatable bonds is 3. The quantitative estimate of drug-likeness (QED) is 0.593. The molecule has 0 aliphatic carbocycles. The van der Waals surface area contributed by atoms with Crippen LogP contribution in [0.5, 0.6) is 0 Å². The molecule has 0 spiro atoms. The van der Waals surface area contributed by atoms with Gasteiger partial charge >= 0.3 is 0 Å². The molecule has 0 atom stereocenters. The topological polar surface area (TPSA) is 32.7 Å². The normalized spacial score (nSPS) is 18.0. The number of likely N-dealkylation sites (N-methyl/N-ethyl adjacent to an activating group) is 1. The van der Waals surface area contributed by atoms with Gasteiger partial charge in [0.25, 0.3) is 5.91 Å². The Bertz CT molecular complexity index is 836. The second-order valence-electron chi connectivity index (χ2n) is 5.06. The average Bonchev–Trinajstić information content (AvgIpc) is 2.87. The van der Waals surface area contributed by atoms with E-state index in [9.17, 15) is 4.79 Å². The smallest absolute Gasteiger partial charge is 0.266 e. The second kappa shape index (κ2) is 7.55. The van der Waals surface area contributed by atoms with E-state index in [0.717, 1.165) is 15.7 Å². The van der Waals surface area contributed by atoms with Crippen LogP contribution in [0, 0.1) is 0 Å². The van der Waals surface area contributed by atoms with E-state index >= 15 is 0 Å². The van der Waals surface area contributed by atoms with Crippen molar-refractivity contribution in [2.75, 3.05) is 6.54 Å². The Morgan fingerprint density at radius 3 is 2.67 bits per heavy atom. The van der Waals surface area contributed by atoms with Gasteiger partial charge in [-0.05, 0) is 64.5 Å². The van der Waals surface area contributed by atoms with E-state index < -0.39 is 0 Å². The lowest BCUT2D eigenvalue weighted by Crippen LogP contribution is -2.28. The minimum Gasteiger partial charge on any atom is -0.287 e. The Morgan fingerprint density at radius 1 is 1.25 bits per heavy atom. The fourth-order valence-corrected chi connectivity index (χ4v) is 3.72. The summed E-state index contributed by atoms with van der Waals surface area (Å²) in [6, 6.07) is 15.3. The van der Waals surface area contributed by atoms with Gasteiger partial charge in [0.2, 0.25) is 0 Å². The minimum atomic E-state index is -0.0201. The van der Waals surface area contributed by atoms with Crippen LogP contribution in [-0.4, -0.2) is 22.5 Å². The van der Waals surface area contributed by atoms with Crippen LogP contribution in [0.3, 0.4) is 0 Å². The zero-order valence-electron chi connectivity index (χ0n) is 12.9. The van der Waals surface area contributed by atoms with Gasteiger partial charge in [0.05, 0.1) is 15.6 Å². The number of halogens is 2. The van der Waals surface area contributed by atoms with Gasteiger partial charge in [-0.15, -0.1) is 0 Å². The Labute approximate surface area is 158 Å². The lowest BCUT2D eigenvalue weighted by molar-refractivity contribution is -0.122. The highest BCUT2D eigenvalue weighted by Crippen LogP contribution is 2.35. The summed E-state index contributed by atoms with van der Waals surface area (Å²) in [5.41, 5.74) is 1.72. The summed E-state index contributed by atoms with van der Waals surface area (Å²) in [7, 11) is 0. The number of amidine groups is 1. The maximum atomic E-state index is 12.6. The summed E-state index contributed by atoms with van der Waals surface area (Å²) < 4.78 is 0.820. The second-order valence-corrected chi connectivity index (χ2v) is 7.33. The van der Waals surface area contributed by atoms with E-state index in [2.05, 4.69) is 20.9 Å². The van der Waals surface area contributed by atoms with Crippen molar-refractivity contribution in [1.82, 2.24) is 4.90 Å². The van der Waals surface area contributed by atoms with Gasteiger partial charge in [-0.3, -0.25) is 9.69 Å². The molecule has 0 aromatic heterocycles. The molecule has 6 heteroatoms. The number of hydrogen-bond acceptors (Lipinski definition) is 3. The molecule has 1 fully saturated rings. The van der Waals surface area contributed by atoms with Crippen LogP contribution in [-0.2, 0) is 4.79 Å². The van der Waals surface area contributed by atoms with Gasteiger partial charge in [0.1, 0.15) is 0 Å². The highest BCUT2D eigenvalue weighted by molar-refractivity contribution is 9.10. The fourth-order valence-electron chi connectivity index (χ4n) is 2.24. The third-order valence-corrected chi connectivity index (χ3v) is 5.67. The monoisotopic (exact) mass is 420 g/mol. The molecule has 0 saturated carbocycles. The third kappa shape index (κ3) is 3.74. The van der Waals surface area contributed by atoms with Crippen LogP contribution < -0.4 is 0 Å². The predicted octanol–water partition coefficient (Wildman–Crippen LogP) is 5.73. The van der Waals surface area contributed by atoms with Gasteiger partial charge in [-0.1, -0.05) is 41.9 Å². The molecular formula is C18H14BrClN2OS. The Hall–Kier alpha value is -1.56. The summed E-state index contributed by atoms with van der Waals surface area (Å²) in [6.45, 7) is 2.51. The van der Waals surface area contributed by atoms with E-state index in [-0.39, 0.29) is 5.91 Å². The summed E-state index contributed by atoms with van der Waals surface area (Å²) in [4.78, 5) is 19.5. The van der Waals surface area contributed by atoms with Gasteiger partial charge < -0.3 is 0 Å². The summed E-state index contributed by atoms with van der Waals surface area (Å²) in [5, 5.41) is 1.26. The first kappa shape index (κ1) is 17.3. The van der Waals surface area contributed by atoms with Crippen LogP contribution in [0.2, 0.25) is 5.02 Å². The lowest BCUT2D eigenvalue weighted by atomic mass is 10.2. The molecule has 1 aliphatic heterocycles. The van der Waals surface area contributed by atoms with Gasteiger partial charge in [0, 0.05) is 11.0 Å². The van der Waals surface area contributed by atoms with Crippen LogP contribution in [0.4, 0.5) is 5.69 Å². The molecule has 0 bridgehead atoms. The number of thioether (sulfide) groups is 1. The Morgan fingerprint density at radius 2 is 2.00 bits per heavy atom. The standard InChI is InChI=1S/C18H14BrClN2OS/c1-2-22-17(23)16(10-12-6-4-3-5-7-12)24-18(22)21-13-8-9-14(19)15(20)11-13/h3-11H,2H2,1H3/b16-10-,21-18?. The largest absolute Gasteiger partial charge is 0.287 e. The number of benzene rings is 2. The fraction of sp³-hybridized carbons (Fsp3) is 0.111. The Kier molecular flexibility index (Phi) is 5.43. The third-order valence-electron chi connectivity index (χ3n) is 3.43. The molecule has 2 aromatic carbocycles. The van der Waals surface area contributed by atoms with Crippen LogP contribution in [0.1, 0.15) is 12.5 Å². The maximum Gasteiger partial charge on any atom is 0.266 e. The van der Waals surface area contributed by atoms with Crippen molar-refractivity contribution in [2.24, 2.45) is 4.99 Å². The highest BCUT2D eigenvalue weighted by Gasteiger charge is 2.32. The molecule has 0 unspecified atom stereocenters. The molecule has 3 nitrogen and oxygen atoms in total. The van der Waals surface area contributed by atoms with Gasteiger partial charge in [-0.25, -0.2) is 4.99 Å².